The van der Waals surface area contributed by atoms with Crippen LogP contribution in [0.4, 0.5) is 0 Å². The van der Waals surface area contributed by atoms with Gasteiger partial charge in [-0.1, -0.05) is 23.7 Å². The van der Waals surface area contributed by atoms with E-state index in [1.165, 1.54) is 6.07 Å². The van der Waals surface area contributed by atoms with Crippen LogP contribution in [0.5, 0.6) is 0 Å². The Morgan fingerprint density at radius 2 is 1.88 bits per heavy atom. The van der Waals surface area contributed by atoms with Gasteiger partial charge >= 0.3 is 0 Å². The molecule has 0 amide bonds. The molecular formula is C14H9ClO2. The second kappa shape index (κ2) is 3.60. The molecule has 0 atom stereocenters. The van der Waals surface area contributed by atoms with Crippen LogP contribution in [0.25, 0.3) is 21.7 Å². The van der Waals surface area contributed by atoms with E-state index in [9.17, 15) is 4.79 Å². The fourth-order valence-corrected chi connectivity index (χ4v) is 2.24. The molecule has 0 unspecified atom stereocenters. The van der Waals surface area contributed by atoms with E-state index < -0.39 is 0 Å². The molecule has 1 heterocycles. The molecule has 1 aromatic heterocycles. The zero-order valence-electron chi connectivity index (χ0n) is 9.16. The van der Waals surface area contributed by atoms with Gasteiger partial charge in [0.1, 0.15) is 11.3 Å². The zero-order valence-corrected chi connectivity index (χ0v) is 9.91. The van der Waals surface area contributed by atoms with Crippen LogP contribution in [0.1, 0.15) is 5.76 Å². The molecule has 3 aromatic rings. The molecular weight excluding hydrogens is 236 g/mol. The van der Waals surface area contributed by atoms with E-state index in [0.717, 1.165) is 10.8 Å². The van der Waals surface area contributed by atoms with Gasteiger partial charge < -0.3 is 4.42 Å². The van der Waals surface area contributed by atoms with Crippen molar-refractivity contribution in [3.63, 3.8) is 0 Å². The second-order valence-corrected chi connectivity index (χ2v) is 4.46. The number of hydrogen-bond acceptors (Lipinski definition) is 2. The molecule has 0 saturated heterocycles. The molecule has 0 aliphatic rings. The van der Waals surface area contributed by atoms with Gasteiger partial charge in [0.25, 0.3) is 0 Å². The molecule has 2 nitrogen and oxygen atoms in total. The van der Waals surface area contributed by atoms with Crippen LogP contribution in [-0.4, -0.2) is 0 Å². The van der Waals surface area contributed by atoms with Crippen molar-refractivity contribution in [3.05, 3.63) is 57.4 Å². The predicted molar refractivity (Wildman–Crippen MR) is 69.7 cm³/mol. The van der Waals surface area contributed by atoms with Gasteiger partial charge in [0.2, 0.25) is 0 Å². The highest BCUT2D eigenvalue weighted by Crippen LogP contribution is 2.26. The maximum absolute atomic E-state index is 12.0. The fourth-order valence-electron chi connectivity index (χ4n) is 2.07. The number of rotatable bonds is 0. The Morgan fingerprint density at radius 1 is 1.12 bits per heavy atom. The van der Waals surface area contributed by atoms with Gasteiger partial charge in [-0.3, -0.25) is 4.79 Å². The lowest BCUT2D eigenvalue weighted by atomic mass is 10.1. The minimum absolute atomic E-state index is 0.0309. The summed E-state index contributed by atoms with van der Waals surface area (Å²) in [6.45, 7) is 1.77. The van der Waals surface area contributed by atoms with Crippen molar-refractivity contribution in [2.75, 3.05) is 0 Å². The minimum atomic E-state index is -0.0309. The maximum Gasteiger partial charge on any atom is 0.193 e. The van der Waals surface area contributed by atoms with Crippen LogP contribution in [0.2, 0.25) is 5.02 Å². The first-order valence-corrected chi connectivity index (χ1v) is 5.66. The van der Waals surface area contributed by atoms with Crippen molar-refractivity contribution in [2.24, 2.45) is 0 Å². The number of benzene rings is 2. The van der Waals surface area contributed by atoms with Crippen LogP contribution in [0.15, 0.2) is 45.6 Å². The Kier molecular flexibility index (Phi) is 2.20. The number of aryl methyl sites for hydroxylation is 1. The number of fused-ring (bicyclic) bond motifs is 3. The first kappa shape index (κ1) is 10.4. The van der Waals surface area contributed by atoms with Gasteiger partial charge in [0.05, 0.1) is 5.39 Å². The molecule has 3 heteroatoms. The Labute approximate surface area is 102 Å². The Bertz CT molecular complexity index is 787. The van der Waals surface area contributed by atoms with Crippen molar-refractivity contribution >= 4 is 33.3 Å². The van der Waals surface area contributed by atoms with Crippen LogP contribution >= 0.6 is 11.6 Å². The molecule has 0 bridgehead atoms. The third-order valence-corrected chi connectivity index (χ3v) is 3.03. The highest BCUT2D eigenvalue weighted by Gasteiger charge is 2.07. The Hall–Kier alpha value is -1.80. The lowest BCUT2D eigenvalue weighted by Crippen LogP contribution is -2.00. The molecule has 17 heavy (non-hydrogen) atoms. The summed E-state index contributed by atoms with van der Waals surface area (Å²) in [6.07, 6.45) is 0. The summed E-state index contributed by atoms with van der Waals surface area (Å²) in [5.41, 5.74) is 0.571. The summed E-state index contributed by atoms with van der Waals surface area (Å²) in [5, 5.41) is 3.03. The molecule has 0 radical (unpaired) electrons. The summed E-state index contributed by atoms with van der Waals surface area (Å²) in [5.74, 6) is 0.615. The van der Waals surface area contributed by atoms with Crippen LogP contribution in [-0.2, 0) is 0 Å². The van der Waals surface area contributed by atoms with Crippen molar-refractivity contribution in [1.29, 1.82) is 0 Å². The van der Waals surface area contributed by atoms with Gasteiger partial charge in [-0.15, -0.1) is 0 Å². The first-order valence-electron chi connectivity index (χ1n) is 5.28. The molecule has 0 aliphatic heterocycles. The van der Waals surface area contributed by atoms with Gasteiger partial charge in [0.15, 0.2) is 5.43 Å². The van der Waals surface area contributed by atoms with Crippen molar-refractivity contribution in [1.82, 2.24) is 0 Å². The van der Waals surface area contributed by atoms with Crippen molar-refractivity contribution < 1.29 is 4.42 Å². The molecule has 0 N–H and O–H groups in total. The summed E-state index contributed by atoms with van der Waals surface area (Å²) >= 11 is 5.97. The third kappa shape index (κ3) is 1.61. The highest BCUT2D eigenvalue weighted by atomic mass is 35.5. The quantitative estimate of drug-likeness (QED) is 0.561. The Balaban J connectivity index is 2.63. The van der Waals surface area contributed by atoms with Crippen LogP contribution in [0.3, 0.4) is 0 Å². The minimum Gasteiger partial charge on any atom is -0.461 e. The summed E-state index contributed by atoms with van der Waals surface area (Å²) in [7, 11) is 0. The average Bonchev–Trinajstić information content (AvgIpc) is 2.27. The van der Waals surface area contributed by atoms with E-state index in [1.807, 2.05) is 24.3 Å². The molecule has 84 valence electrons. The average molecular weight is 245 g/mol. The van der Waals surface area contributed by atoms with E-state index in [4.69, 9.17) is 16.0 Å². The van der Waals surface area contributed by atoms with Crippen LogP contribution < -0.4 is 5.43 Å². The normalized spacial score (nSPS) is 11.2. The number of halogens is 1. The van der Waals surface area contributed by atoms with E-state index >= 15 is 0 Å². The van der Waals surface area contributed by atoms with Crippen LogP contribution in [0, 0.1) is 6.92 Å². The van der Waals surface area contributed by atoms with E-state index in [-0.39, 0.29) is 5.43 Å². The van der Waals surface area contributed by atoms with E-state index in [0.29, 0.717) is 21.8 Å². The van der Waals surface area contributed by atoms with Gasteiger partial charge in [-0.2, -0.15) is 0 Å². The molecule has 0 spiro atoms. The summed E-state index contributed by atoms with van der Waals surface area (Å²) in [6, 6.07) is 10.8. The second-order valence-electron chi connectivity index (χ2n) is 4.03. The molecule has 3 rings (SSSR count). The standard InChI is InChI=1S/C14H9ClO2/c1-8-6-12(16)14-11-7-10(15)4-2-9(11)3-5-13(14)17-8/h2-7H,1H3. The van der Waals surface area contributed by atoms with Crippen molar-refractivity contribution in [3.8, 4) is 0 Å². The van der Waals surface area contributed by atoms with E-state index in [1.54, 1.807) is 13.0 Å². The molecule has 0 fully saturated rings. The molecule has 2 aromatic carbocycles. The van der Waals surface area contributed by atoms with Gasteiger partial charge in [-0.25, -0.2) is 0 Å². The summed E-state index contributed by atoms with van der Waals surface area (Å²) in [4.78, 5) is 12.0. The van der Waals surface area contributed by atoms with Gasteiger partial charge in [-0.05, 0) is 35.9 Å². The monoisotopic (exact) mass is 244 g/mol. The Morgan fingerprint density at radius 3 is 2.71 bits per heavy atom. The highest BCUT2D eigenvalue weighted by molar-refractivity contribution is 6.31. The number of hydrogen-bond donors (Lipinski definition) is 0. The zero-order chi connectivity index (χ0) is 12.0. The SMILES string of the molecule is Cc1cc(=O)c2c(ccc3ccc(Cl)cc32)o1. The van der Waals surface area contributed by atoms with Gasteiger partial charge in [0, 0.05) is 11.1 Å². The topological polar surface area (TPSA) is 30.2 Å². The van der Waals surface area contributed by atoms with Crippen molar-refractivity contribution in [2.45, 2.75) is 6.92 Å². The lowest BCUT2D eigenvalue weighted by molar-refractivity contribution is 0.565. The maximum atomic E-state index is 12.0. The largest absolute Gasteiger partial charge is 0.461 e. The van der Waals surface area contributed by atoms with E-state index in [2.05, 4.69) is 0 Å². The fraction of sp³-hybridized carbons (Fsp3) is 0.0714. The summed E-state index contributed by atoms with van der Waals surface area (Å²) < 4.78 is 5.55. The lowest BCUT2D eigenvalue weighted by Gasteiger charge is -2.03. The molecule has 0 saturated carbocycles. The third-order valence-electron chi connectivity index (χ3n) is 2.80. The predicted octanol–water partition coefficient (Wildman–Crippen LogP) is 3.91. The first-order chi connectivity index (χ1) is 8.15. The molecule has 0 aliphatic carbocycles. The smallest absolute Gasteiger partial charge is 0.193 e.